The van der Waals surface area contributed by atoms with Crippen LogP contribution in [0.1, 0.15) is 27.2 Å². The number of hydrogen-bond donors (Lipinski definition) is 1. The van der Waals surface area contributed by atoms with Gasteiger partial charge in [-0.05, 0) is 19.9 Å². The molecule has 0 amide bonds. The highest BCUT2D eigenvalue weighted by Gasteiger charge is 2.08. The molecule has 0 saturated heterocycles. The van der Waals surface area contributed by atoms with Gasteiger partial charge in [-0.3, -0.25) is 0 Å². The van der Waals surface area contributed by atoms with Gasteiger partial charge in [-0.15, -0.1) is 11.6 Å². The summed E-state index contributed by atoms with van der Waals surface area (Å²) < 4.78 is 0. The van der Waals surface area contributed by atoms with Gasteiger partial charge in [0.05, 0.1) is 0 Å². The average Bonchev–Trinajstić information content (AvgIpc) is 1.87. The van der Waals surface area contributed by atoms with Crippen LogP contribution in [0, 0.1) is 0 Å². The van der Waals surface area contributed by atoms with Crippen molar-refractivity contribution >= 4 is 11.6 Å². The summed E-state index contributed by atoms with van der Waals surface area (Å²) in [5.74, 6) is 0. The number of nitrogens with one attached hydrogen (secondary N) is 1. The standard InChI is InChI=1S/C7H16ClN/c1-4-7(8)6(3)9-5-2/h6-7,9H,4-5H2,1-3H3. The molecule has 0 radical (unpaired) electrons. The van der Waals surface area contributed by atoms with E-state index >= 15 is 0 Å². The lowest BCUT2D eigenvalue weighted by atomic mass is 10.2. The summed E-state index contributed by atoms with van der Waals surface area (Å²) in [6.45, 7) is 7.32. The van der Waals surface area contributed by atoms with E-state index < -0.39 is 0 Å². The fourth-order valence-electron chi connectivity index (χ4n) is 0.803. The quantitative estimate of drug-likeness (QED) is 0.603. The van der Waals surface area contributed by atoms with Crippen molar-refractivity contribution in [3.63, 3.8) is 0 Å². The van der Waals surface area contributed by atoms with E-state index in [-0.39, 0.29) is 5.38 Å². The fraction of sp³-hybridized carbons (Fsp3) is 1.00. The third-order valence-electron chi connectivity index (χ3n) is 1.46. The first-order valence-corrected chi connectivity index (χ1v) is 4.03. The summed E-state index contributed by atoms with van der Waals surface area (Å²) in [7, 11) is 0. The number of rotatable bonds is 4. The molecule has 0 fully saturated rings. The molecule has 1 nitrogen and oxygen atoms in total. The van der Waals surface area contributed by atoms with Crippen LogP contribution in [0.5, 0.6) is 0 Å². The normalized spacial score (nSPS) is 17.3. The maximum atomic E-state index is 5.93. The molecule has 2 atom stereocenters. The van der Waals surface area contributed by atoms with E-state index in [0.717, 1.165) is 13.0 Å². The summed E-state index contributed by atoms with van der Waals surface area (Å²) in [6.07, 6.45) is 1.04. The molecule has 0 aliphatic rings. The zero-order valence-corrected chi connectivity index (χ0v) is 7.20. The Labute approximate surface area is 62.8 Å². The van der Waals surface area contributed by atoms with Crippen LogP contribution in [0.15, 0.2) is 0 Å². The molecule has 0 bridgehead atoms. The van der Waals surface area contributed by atoms with Crippen LogP contribution in [0.25, 0.3) is 0 Å². The van der Waals surface area contributed by atoms with E-state index in [1.54, 1.807) is 0 Å². The van der Waals surface area contributed by atoms with Gasteiger partial charge in [0.15, 0.2) is 0 Å². The van der Waals surface area contributed by atoms with Crippen molar-refractivity contribution in [2.45, 2.75) is 38.6 Å². The van der Waals surface area contributed by atoms with Gasteiger partial charge in [0.25, 0.3) is 0 Å². The molecular weight excluding hydrogens is 134 g/mol. The Morgan fingerprint density at radius 2 is 2.00 bits per heavy atom. The van der Waals surface area contributed by atoms with Crippen molar-refractivity contribution in [1.82, 2.24) is 5.32 Å². The molecule has 0 aliphatic carbocycles. The van der Waals surface area contributed by atoms with Crippen molar-refractivity contribution in [2.24, 2.45) is 0 Å². The highest BCUT2D eigenvalue weighted by molar-refractivity contribution is 6.21. The molecule has 0 saturated carbocycles. The summed E-state index contributed by atoms with van der Waals surface area (Å²) in [6, 6.07) is 0.446. The minimum absolute atomic E-state index is 0.282. The maximum Gasteiger partial charge on any atom is 0.0484 e. The SMILES string of the molecule is CCNC(C)C(Cl)CC. The molecule has 0 heterocycles. The van der Waals surface area contributed by atoms with Crippen LogP contribution in [0.4, 0.5) is 0 Å². The second-order valence-corrected chi connectivity index (χ2v) is 2.83. The molecule has 0 aromatic rings. The Kier molecular flexibility index (Phi) is 5.21. The van der Waals surface area contributed by atoms with E-state index in [0.29, 0.717) is 6.04 Å². The minimum atomic E-state index is 0.282. The van der Waals surface area contributed by atoms with Gasteiger partial charge in [0.1, 0.15) is 0 Å². The predicted molar refractivity (Wildman–Crippen MR) is 43.1 cm³/mol. The zero-order valence-electron chi connectivity index (χ0n) is 6.45. The Bertz CT molecular complexity index is 65.9. The third-order valence-corrected chi connectivity index (χ3v) is 2.15. The molecule has 2 unspecified atom stereocenters. The first-order chi connectivity index (χ1) is 4.22. The largest absolute Gasteiger partial charge is 0.313 e. The van der Waals surface area contributed by atoms with E-state index in [1.165, 1.54) is 0 Å². The number of hydrogen-bond acceptors (Lipinski definition) is 1. The predicted octanol–water partition coefficient (Wildman–Crippen LogP) is 2.00. The monoisotopic (exact) mass is 149 g/mol. The van der Waals surface area contributed by atoms with E-state index in [4.69, 9.17) is 11.6 Å². The zero-order chi connectivity index (χ0) is 7.28. The molecule has 0 spiro atoms. The van der Waals surface area contributed by atoms with Crippen molar-refractivity contribution < 1.29 is 0 Å². The highest BCUT2D eigenvalue weighted by Crippen LogP contribution is 2.05. The van der Waals surface area contributed by atoms with Crippen molar-refractivity contribution in [2.75, 3.05) is 6.54 Å². The highest BCUT2D eigenvalue weighted by atomic mass is 35.5. The summed E-state index contributed by atoms with van der Waals surface area (Å²) in [5, 5.41) is 3.55. The van der Waals surface area contributed by atoms with Gasteiger partial charge in [-0.2, -0.15) is 0 Å². The van der Waals surface area contributed by atoms with Gasteiger partial charge < -0.3 is 5.32 Å². The lowest BCUT2D eigenvalue weighted by molar-refractivity contribution is 0.531. The summed E-state index contributed by atoms with van der Waals surface area (Å²) in [5.41, 5.74) is 0. The van der Waals surface area contributed by atoms with Crippen LogP contribution in [-0.4, -0.2) is 18.0 Å². The smallest absolute Gasteiger partial charge is 0.0484 e. The Morgan fingerprint density at radius 3 is 2.33 bits per heavy atom. The molecular formula is C7H16ClN. The van der Waals surface area contributed by atoms with Crippen LogP contribution >= 0.6 is 11.6 Å². The molecule has 1 N–H and O–H groups in total. The maximum absolute atomic E-state index is 5.93. The third kappa shape index (κ3) is 3.77. The van der Waals surface area contributed by atoms with Gasteiger partial charge in [-0.1, -0.05) is 13.8 Å². The van der Waals surface area contributed by atoms with Crippen molar-refractivity contribution in [1.29, 1.82) is 0 Å². The molecule has 9 heavy (non-hydrogen) atoms. The Balaban J connectivity index is 3.32. The molecule has 0 rings (SSSR count). The van der Waals surface area contributed by atoms with Crippen molar-refractivity contribution in [3.05, 3.63) is 0 Å². The van der Waals surface area contributed by atoms with Crippen molar-refractivity contribution in [3.8, 4) is 0 Å². The van der Waals surface area contributed by atoms with Crippen LogP contribution in [0.3, 0.4) is 0 Å². The molecule has 0 aliphatic heterocycles. The molecule has 0 aromatic heterocycles. The van der Waals surface area contributed by atoms with E-state index in [2.05, 4.69) is 26.1 Å². The van der Waals surface area contributed by atoms with E-state index in [1.807, 2.05) is 0 Å². The van der Waals surface area contributed by atoms with Gasteiger partial charge in [0, 0.05) is 11.4 Å². The Morgan fingerprint density at radius 1 is 1.44 bits per heavy atom. The van der Waals surface area contributed by atoms with Gasteiger partial charge >= 0.3 is 0 Å². The summed E-state index contributed by atoms with van der Waals surface area (Å²) in [4.78, 5) is 0. The number of alkyl halides is 1. The molecule has 56 valence electrons. The topological polar surface area (TPSA) is 12.0 Å². The first kappa shape index (κ1) is 9.25. The lowest BCUT2D eigenvalue weighted by Gasteiger charge is -2.16. The van der Waals surface area contributed by atoms with Gasteiger partial charge in [-0.25, -0.2) is 0 Å². The van der Waals surface area contributed by atoms with Crippen LogP contribution in [-0.2, 0) is 0 Å². The average molecular weight is 150 g/mol. The van der Waals surface area contributed by atoms with Gasteiger partial charge in [0.2, 0.25) is 0 Å². The van der Waals surface area contributed by atoms with Crippen LogP contribution < -0.4 is 5.32 Å². The summed E-state index contributed by atoms with van der Waals surface area (Å²) >= 11 is 5.93. The number of halogens is 1. The fourth-order valence-corrected chi connectivity index (χ4v) is 0.892. The second-order valence-electron chi connectivity index (χ2n) is 2.27. The lowest BCUT2D eigenvalue weighted by Crippen LogP contribution is -2.33. The molecule has 0 aromatic carbocycles. The Hall–Kier alpha value is 0.250. The van der Waals surface area contributed by atoms with Crippen LogP contribution in [0.2, 0.25) is 0 Å². The first-order valence-electron chi connectivity index (χ1n) is 3.59. The minimum Gasteiger partial charge on any atom is -0.313 e. The second kappa shape index (κ2) is 5.07. The van der Waals surface area contributed by atoms with E-state index in [9.17, 15) is 0 Å². The molecule has 2 heteroatoms.